The molecular formula is C19H23N5O2. The number of oxazole rings is 1. The Kier molecular flexibility index (Phi) is 4.46. The van der Waals surface area contributed by atoms with Crippen LogP contribution in [0.25, 0.3) is 11.1 Å². The van der Waals surface area contributed by atoms with Crippen LogP contribution < -0.4 is 5.32 Å². The van der Waals surface area contributed by atoms with Gasteiger partial charge in [-0.2, -0.15) is 5.10 Å². The molecule has 0 unspecified atom stereocenters. The lowest BCUT2D eigenvalue weighted by molar-refractivity contribution is 0.0946. The summed E-state index contributed by atoms with van der Waals surface area (Å²) in [6.07, 6.45) is 2.36. The Morgan fingerprint density at radius 1 is 1.42 bits per heavy atom. The van der Waals surface area contributed by atoms with E-state index in [0.29, 0.717) is 24.6 Å². The summed E-state index contributed by atoms with van der Waals surface area (Å²) in [6, 6.07) is 5.99. The van der Waals surface area contributed by atoms with Crippen molar-refractivity contribution in [1.82, 2.24) is 25.4 Å². The molecule has 1 amide bonds. The molecular weight excluding hydrogens is 330 g/mol. The zero-order valence-corrected chi connectivity index (χ0v) is 15.1. The number of rotatable bonds is 5. The third kappa shape index (κ3) is 3.35. The second-order valence-electron chi connectivity index (χ2n) is 6.96. The summed E-state index contributed by atoms with van der Waals surface area (Å²) < 4.78 is 5.77. The SMILES string of the molecule is Cc1ccc2nc(CCCNC(=O)c3n[nH]c4c3CN(C)CC4)oc2c1. The molecule has 2 N–H and O–H groups in total. The molecule has 0 atom stereocenters. The Morgan fingerprint density at radius 3 is 3.19 bits per heavy atom. The Labute approximate surface area is 151 Å². The highest BCUT2D eigenvalue weighted by Gasteiger charge is 2.23. The van der Waals surface area contributed by atoms with E-state index in [4.69, 9.17) is 4.42 Å². The van der Waals surface area contributed by atoms with Gasteiger partial charge >= 0.3 is 0 Å². The third-order valence-electron chi connectivity index (χ3n) is 4.78. The van der Waals surface area contributed by atoms with E-state index in [0.717, 1.165) is 53.9 Å². The highest BCUT2D eigenvalue weighted by Crippen LogP contribution is 2.19. The van der Waals surface area contributed by atoms with Gasteiger partial charge in [-0.3, -0.25) is 9.89 Å². The second kappa shape index (κ2) is 6.92. The first kappa shape index (κ1) is 16.8. The van der Waals surface area contributed by atoms with Gasteiger partial charge in [-0.15, -0.1) is 0 Å². The number of aryl methyl sites for hydroxylation is 2. The van der Waals surface area contributed by atoms with E-state index in [2.05, 4.69) is 32.4 Å². The molecule has 0 spiro atoms. The molecule has 0 aliphatic carbocycles. The lowest BCUT2D eigenvalue weighted by Crippen LogP contribution is -2.30. The predicted molar refractivity (Wildman–Crippen MR) is 98.0 cm³/mol. The number of carbonyl (C=O) groups is 1. The standard InChI is InChI=1S/C19H23N5O2/c1-12-5-6-15-16(10-12)26-17(21-15)4-3-8-20-19(25)18-13-11-24(2)9-7-14(13)22-23-18/h5-6,10H,3-4,7-9,11H2,1-2H3,(H,20,25)(H,22,23). The quantitative estimate of drug-likeness (QED) is 0.687. The number of hydrogen-bond donors (Lipinski definition) is 2. The fourth-order valence-electron chi connectivity index (χ4n) is 3.33. The van der Waals surface area contributed by atoms with Crippen LogP contribution >= 0.6 is 0 Å². The molecule has 1 aliphatic rings. The number of likely N-dealkylation sites (N-methyl/N-ethyl adjacent to an activating group) is 1. The summed E-state index contributed by atoms with van der Waals surface area (Å²) in [5.41, 5.74) is 5.46. The van der Waals surface area contributed by atoms with Crippen LogP contribution in [0.15, 0.2) is 22.6 Å². The number of nitrogens with one attached hydrogen (secondary N) is 2. The van der Waals surface area contributed by atoms with Gasteiger partial charge in [0.1, 0.15) is 5.52 Å². The van der Waals surface area contributed by atoms with E-state index in [9.17, 15) is 4.79 Å². The average molecular weight is 353 g/mol. The smallest absolute Gasteiger partial charge is 0.272 e. The van der Waals surface area contributed by atoms with Crippen molar-refractivity contribution in [3.8, 4) is 0 Å². The summed E-state index contributed by atoms with van der Waals surface area (Å²) in [5.74, 6) is 0.588. The maximum atomic E-state index is 12.4. The Morgan fingerprint density at radius 2 is 2.31 bits per heavy atom. The molecule has 0 fully saturated rings. The lowest BCUT2D eigenvalue weighted by Gasteiger charge is -2.22. The van der Waals surface area contributed by atoms with Gasteiger partial charge < -0.3 is 14.6 Å². The normalized spacial score (nSPS) is 14.5. The van der Waals surface area contributed by atoms with Gasteiger partial charge in [0.05, 0.1) is 0 Å². The first-order valence-electron chi connectivity index (χ1n) is 8.99. The van der Waals surface area contributed by atoms with Crippen LogP contribution in [0, 0.1) is 6.92 Å². The van der Waals surface area contributed by atoms with Crippen molar-refractivity contribution in [1.29, 1.82) is 0 Å². The minimum atomic E-state index is -0.119. The van der Waals surface area contributed by atoms with Crippen molar-refractivity contribution >= 4 is 17.0 Å². The fourth-order valence-corrected chi connectivity index (χ4v) is 3.33. The summed E-state index contributed by atoms with van der Waals surface area (Å²) in [4.78, 5) is 19.1. The number of hydrogen-bond acceptors (Lipinski definition) is 5. The molecule has 4 rings (SSSR count). The Balaban J connectivity index is 1.32. The number of H-pyrrole nitrogens is 1. The van der Waals surface area contributed by atoms with E-state index >= 15 is 0 Å². The molecule has 1 aliphatic heterocycles. The van der Waals surface area contributed by atoms with Crippen LogP contribution in [-0.2, 0) is 19.4 Å². The first-order chi connectivity index (χ1) is 12.6. The summed E-state index contributed by atoms with van der Waals surface area (Å²) in [7, 11) is 2.06. The van der Waals surface area contributed by atoms with Crippen LogP contribution in [0.1, 0.15) is 39.6 Å². The van der Waals surface area contributed by atoms with Crippen molar-refractivity contribution < 1.29 is 9.21 Å². The number of aromatic nitrogens is 3. The van der Waals surface area contributed by atoms with E-state index in [1.165, 1.54) is 0 Å². The van der Waals surface area contributed by atoms with Gasteiger partial charge in [-0.25, -0.2) is 4.98 Å². The highest BCUT2D eigenvalue weighted by atomic mass is 16.3. The minimum Gasteiger partial charge on any atom is -0.441 e. The molecule has 0 saturated heterocycles. The van der Waals surface area contributed by atoms with Crippen molar-refractivity contribution in [2.75, 3.05) is 20.1 Å². The number of fused-ring (bicyclic) bond motifs is 2. The lowest BCUT2D eigenvalue weighted by atomic mass is 10.1. The van der Waals surface area contributed by atoms with E-state index in [1.807, 2.05) is 25.1 Å². The summed E-state index contributed by atoms with van der Waals surface area (Å²) in [6.45, 7) is 4.34. The molecule has 0 bridgehead atoms. The maximum Gasteiger partial charge on any atom is 0.272 e. The topological polar surface area (TPSA) is 87.0 Å². The summed E-state index contributed by atoms with van der Waals surface area (Å²) in [5, 5.41) is 10.2. The van der Waals surface area contributed by atoms with Gasteiger partial charge in [0, 0.05) is 43.7 Å². The largest absolute Gasteiger partial charge is 0.441 e. The molecule has 1 aromatic carbocycles. The Hall–Kier alpha value is -2.67. The van der Waals surface area contributed by atoms with Crippen LogP contribution in [0.5, 0.6) is 0 Å². The van der Waals surface area contributed by atoms with Gasteiger partial charge in [0.25, 0.3) is 5.91 Å². The van der Waals surface area contributed by atoms with Gasteiger partial charge in [0.2, 0.25) is 0 Å². The monoisotopic (exact) mass is 353 g/mol. The van der Waals surface area contributed by atoms with E-state index in [1.54, 1.807) is 0 Å². The number of benzene rings is 1. The van der Waals surface area contributed by atoms with Crippen LogP contribution in [0.2, 0.25) is 0 Å². The second-order valence-corrected chi connectivity index (χ2v) is 6.96. The zero-order valence-electron chi connectivity index (χ0n) is 15.1. The molecule has 26 heavy (non-hydrogen) atoms. The fraction of sp³-hybridized carbons (Fsp3) is 0.421. The van der Waals surface area contributed by atoms with Crippen LogP contribution in [0.4, 0.5) is 0 Å². The maximum absolute atomic E-state index is 12.4. The molecule has 136 valence electrons. The van der Waals surface area contributed by atoms with E-state index in [-0.39, 0.29) is 5.91 Å². The summed E-state index contributed by atoms with van der Waals surface area (Å²) >= 11 is 0. The third-order valence-corrected chi connectivity index (χ3v) is 4.78. The van der Waals surface area contributed by atoms with Gasteiger partial charge in [0.15, 0.2) is 17.2 Å². The van der Waals surface area contributed by atoms with Crippen molar-refractivity contribution in [3.63, 3.8) is 0 Å². The molecule has 0 radical (unpaired) electrons. The molecule has 0 saturated carbocycles. The van der Waals surface area contributed by atoms with Crippen molar-refractivity contribution in [2.45, 2.75) is 32.7 Å². The molecule has 3 heterocycles. The first-order valence-corrected chi connectivity index (χ1v) is 8.99. The number of carbonyl (C=O) groups excluding carboxylic acids is 1. The highest BCUT2D eigenvalue weighted by molar-refractivity contribution is 5.94. The van der Waals surface area contributed by atoms with Crippen LogP contribution in [0.3, 0.4) is 0 Å². The predicted octanol–water partition coefficient (Wildman–Crippen LogP) is 2.21. The number of nitrogens with zero attached hydrogens (tertiary/aromatic N) is 3. The van der Waals surface area contributed by atoms with Crippen LogP contribution in [-0.4, -0.2) is 46.1 Å². The number of aromatic amines is 1. The average Bonchev–Trinajstić information content (AvgIpc) is 3.21. The van der Waals surface area contributed by atoms with Gasteiger partial charge in [-0.05, 0) is 38.1 Å². The minimum absolute atomic E-state index is 0.119. The molecule has 2 aromatic heterocycles. The van der Waals surface area contributed by atoms with Crippen molar-refractivity contribution in [2.24, 2.45) is 0 Å². The Bertz CT molecular complexity index is 943. The zero-order chi connectivity index (χ0) is 18.1. The van der Waals surface area contributed by atoms with E-state index < -0.39 is 0 Å². The van der Waals surface area contributed by atoms with Gasteiger partial charge in [-0.1, -0.05) is 6.07 Å². The molecule has 7 heteroatoms. The van der Waals surface area contributed by atoms with Crippen molar-refractivity contribution in [3.05, 3.63) is 46.6 Å². The number of amides is 1. The molecule has 3 aromatic rings. The molecule has 7 nitrogen and oxygen atoms in total.